The van der Waals surface area contributed by atoms with Crippen molar-refractivity contribution in [2.75, 3.05) is 11.9 Å². The summed E-state index contributed by atoms with van der Waals surface area (Å²) in [6, 6.07) is 3.42. The molecule has 2 rings (SSSR count). The first-order valence-corrected chi connectivity index (χ1v) is 6.79. The van der Waals surface area contributed by atoms with Crippen LogP contribution in [0.15, 0.2) is 24.5 Å². The van der Waals surface area contributed by atoms with Crippen molar-refractivity contribution in [3.8, 4) is 0 Å². The van der Waals surface area contributed by atoms with E-state index in [2.05, 4.69) is 15.3 Å². The molecule has 0 saturated heterocycles. The van der Waals surface area contributed by atoms with Crippen LogP contribution in [0, 0.1) is 6.92 Å². The van der Waals surface area contributed by atoms with Crippen LogP contribution in [0.5, 0.6) is 0 Å². The van der Waals surface area contributed by atoms with Crippen molar-refractivity contribution >= 4 is 23.1 Å². The Balaban J connectivity index is 2.09. The van der Waals surface area contributed by atoms with Crippen LogP contribution in [0.25, 0.3) is 0 Å². The molecule has 0 saturated carbocycles. The van der Waals surface area contributed by atoms with Crippen molar-refractivity contribution in [3.63, 3.8) is 0 Å². The molecule has 0 bridgehead atoms. The van der Waals surface area contributed by atoms with E-state index in [1.165, 1.54) is 0 Å². The number of esters is 1. The largest absolute Gasteiger partial charge is 0.462 e. The van der Waals surface area contributed by atoms with Crippen molar-refractivity contribution < 1.29 is 9.53 Å². The van der Waals surface area contributed by atoms with Gasteiger partial charge in [-0.25, -0.2) is 14.8 Å². The average molecular weight is 277 g/mol. The summed E-state index contributed by atoms with van der Waals surface area (Å²) < 4.78 is 5.00. The number of pyridine rings is 1. The second-order valence-corrected chi connectivity index (χ2v) is 5.14. The van der Waals surface area contributed by atoms with Crippen LogP contribution >= 0.6 is 11.3 Å². The number of nitrogens with zero attached hydrogens (tertiary/aromatic N) is 2. The summed E-state index contributed by atoms with van der Waals surface area (Å²) in [6.45, 7) is 4.68. The molecule has 6 heteroatoms. The molecule has 0 aliphatic rings. The van der Waals surface area contributed by atoms with Gasteiger partial charge in [0.25, 0.3) is 0 Å². The Bertz CT molecular complexity index is 569. The van der Waals surface area contributed by atoms with Gasteiger partial charge in [-0.15, -0.1) is 11.3 Å². The van der Waals surface area contributed by atoms with E-state index in [0.717, 1.165) is 9.88 Å². The number of aromatic nitrogens is 2. The summed E-state index contributed by atoms with van der Waals surface area (Å²) in [4.78, 5) is 21.2. The molecule has 0 spiro atoms. The van der Waals surface area contributed by atoms with Gasteiger partial charge in [0, 0.05) is 17.3 Å². The fourth-order valence-electron chi connectivity index (χ4n) is 1.58. The normalized spacial score (nSPS) is 10.2. The second-order valence-electron chi connectivity index (χ2n) is 3.82. The Morgan fingerprint density at radius 3 is 3.00 bits per heavy atom. The molecular formula is C13H15N3O2S. The fraction of sp³-hybridized carbons (Fsp3) is 0.308. The lowest BCUT2D eigenvalue weighted by molar-refractivity contribution is 0.0527. The third kappa shape index (κ3) is 3.51. The van der Waals surface area contributed by atoms with E-state index in [-0.39, 0.29) is 5.97 Å². The predicted molar refractivity (Wildman–Crippen MR) is 74.4 cm³/mol. The molecule has 2 aromatic rings. The highest BCUT2D eigenvalue weighted by atomic mass is 32.1. The second kappa shape index (κ2) is 6.29. The minimum absolute atomic E-state index is 0.348. The summed E-state index contributed by atoms with van der Waals surface area (Å²) in [5, 5.41) is 4.16. The van der Waals surface area contributed by atoms with Gasteiger partial charge in [-0.05, 0) is 26.0 Å². The van der Waals surface area contributed by atoms with Crippen LogP contribution in [0.1, 0.15) is 27.2 Å². The van der Waals surface area contributed by atoms with Crippen LogP contribution in [0.4, 0.5) is 5.82 Å². The Hall–Kier alpha value is -1.95. The summed E-state index contributed by atoms with van der Waals surface area (Å²) in [5.41, 5.74) is 0.450. The molecule has 5 nitrogen and oxygen atoms in total. The number of hydrogen-bond acceptors (Lipinski definition) is 6. The molecular weight excluding hydrogens is 262 g/mol. The molecule has 0 aliphatic carbocycles. The van der Waals surface area contributed by atoms with Crippen LogP contribution in [0.3, 0.4) is 0 Å². The summed E-state index contributed by atoms with van der Waals surface area (Å²) >= 11 is 1.61. The zero-order valence-corrected chi connectivity index (χ0v) is 11.7. The lowest BCUT2D eigenvalue weighted by Crippen LogP contribution is -2.10. The molecule has 0 fully saturated rings. The summed E-state index contributed by atoms with van der Waals surface area (Å²) in [5.74, 6) is 0.172. The maximum absolute atomic E-state index is 11.8. The first-order valence-electron chi connectivity index (χ1n) is 5.98. The first-order chi connectivity index (χ1) is 9.20. The van der Waals surface area contributed by atoms with E-state index in [1.807, 2.05) is 13.1 Å². The number of nitrogens with one attached hydrogen (secondary N) is 1. The van der Waals surface area contributed by atoms with Crippen LogP contribution in [-0.2, 0) is 11.3 Å². The number of carbonyl (C=O) groups is 1. The fourth-order valence-corrected chi connectivity index (χ4v) is 2.31. The lowest BCUT2D eigenvalue weighted by atomic mass is 10.2. The molecule has 2 aromatic heterocycles. The third-order valence-electron chi connectivity index (χ3n) is 2.40. The van der Waals surface area contributed by atoms with Crippen LogP contribution in [-0.4, -0.2) is 22.5 Å². The molecule has 1 N–H and O–H groups in total. The van der Waals surface area contributed by atoms with E-state index >= 15 is 0 Å². The molecule has 0 unspecified atom stereocenters. The molecule has 0 atom stereocenters. The van der Waals surface area contributed by atoms with E-state index in [0.29, 0.717) is 24.5 Å². The first kappa shape index (κ1) is 13.5. The minimum atomic E-state index is -0.362. The van der Waals surface area contributed by atoms with E-state index in [9.17, 15) is 4.79 Å². The van der Waals surface area contributed by atoms with Crippen molar-refractivity contribution in [2.45, 2.75) is 20.4 Å². The Labute approximate surface area is 115 Å². The summed E-state index contributed by atoms with van der Waals surface area (Å²) in [7, 11) is 0. The lowest BCUT2D eigenvalue weighted by Gasteiger charge is -2.08. The smallest absolute Gasteiger partial charge is 0.341 e. The highest BCUT2D eigenvalue weighted by Gasteiger charge is 2.13. The number of aryl methyl sites for hydroxylation is 1. The van der Waals surface area contributed by atoms with E-state index in [4.69, 9.17) is 4.74 Å². The maximum Gasteiger partial charge on any atom is 0.341 e. The number of thiazole rings is 1. The molecule has 0 aromatic carbocycles. The van der Waals surface area contributed by atoms with Gasteiger partial charge in [-0.3, -0.25) is 0 Å². The van der Waals surface area contributed by atoms with Crippen LogP contribution < -0.4 is 5.32 Å². The molecule has 2 heterocycles. The minimum Gasteiger partial charge on any atom is -0.462 e. The van der Waals surface area contributed by atoms with E-state index in [1.54, 1.807) is 36.6 Å². The zero-order valence-electron chi connectivity index (χ0n) is 10.8. The quantitative estimate of drug-likeness (QED) is 0.851. The molecule has 0 aliphatic heterocycles. The van der Waals surface area contributed by atoms with Crippen molar-refractivity contribution in [3.05, 3.63) is 40.0 Å². The van der Waals surface area contributed by atoms with Crippen molar-refractivity contribution in [1.82, 2.24) is 9.97 Å². The van der Waals surface area contributed by atoms with Gasteiger partial charge < -0.3 is 10.1 Å². The molecule has 0 amide bonds. The van der Waals surface area contributed by atoms with Gasteiger partial charge in [0.1, 0.15) is 11.4 Å². The number of anilines is 1. The Morgan fingerprint density at radius 1 is 1.47 bits per heavy atom. The predicted octanol–water partition coefficient (Wildman–Crippen LogP) is 2.64. The highest BCUT2D eigenvalue weighted by Crippen LogP contribution is 2.17. The number of hydrogen-bond donors (Lipinski definition) is 1. The van der Waals surface area contributed by atoms with E-state index < -0.39 is 0 Å². The topological polar surface area (TPSA) is 64.1 Å². The van der Waals surface area contributed by atoms with Gasteiger partial charge in [0.2, 0.25) is 0 Å². The number of rotatable bonds is 5. The average Bonchev–Trinajstić information content (AvgIpc) is 2.83. The molecule has 100 valence electrons. The standard InChI is InChI=1S/C13H15N3O2S/c1-3-18-13(17)11-5-4-6-14-12(11)16-8-10-7-15-9(2)19-10/h4-7H,3,8H2,1-2H3,(H,14,16). The highest BCUT2D eigenvalue weighted by molar-refractivity contribution is 7.11. The molecule has 19 heavy (non-hydrogen) atoms. The number of carbonyl (C=O) groups excluding carboxylic acids is 1. The van der Waals surface area contributed by atoms with Crippen LogP contribution in [0.2, 0.25) is 0 Å². The van der Waals surface area contributed by atoms with Gasteiger partial charge in [0.15, 0.2) is 0 Å². The Morgan fingerprint density at radius 2 is 2.32 bits per heavy atom. The third-order valence-corrected chi connectivity index (χ3v) is 3.32. The Kier molecular flexibility index (Phi) is 4.46. The summed E-state index contributed by atoms with van der Waals surface area (Å²) in [6.07, 6.45) is 3.46. The number of ether oxygens (including phenoxy) is 1. The van der Waals surface area contributed by atoms with Crippen molar-refractivity contribution in [1.29, 1.82) is 0 Å². The van der Waals surface area contributed by atoms with Crippen molar-refractivity contribution in [2.24, 2.45) is 0 Å². The van der Waals surface area contributed by atoms with Gasteiger partial charge in [0.05, 0.1) is 18.2 Å². The molecule has 0 radical (unpaired) electrons. The van der Waals surface area contributed by atoms with Gasteiger partial charge in [-0.1, -0.05) is 0 Å². The SMILES string of the molecule is CCOC(=O)c1cccnc1NCc1cnc(C)s1. The zero-order chi connectivity index (χ0) is 13.7. The monoisotopic (exact) mass is 277 g/mol. The van der Waals surface area contributed by atoms with Gasteiger partial charge >= 0.3 is 5.97 Å². The van der Waals surface area contributed by atoms with Gasteiger partial charge in [-0.2, -0.15) is 0 Å². The maximum atomic E-state index is 11.8.